The molecule has 0 spiro atoms. The fraction of sp³-hybridized carbons (Fsp3) is 0.0588. The van der Waals surface area contributed by atoms with Crippen molar-refractivity contribution in [2.75, 3.05) is 11.9 Å². The van der Waals surface area contributed by atoms with Crippen LogP contribution in [0.1, 0.15) is 10.4 Å². The molecular weight excluding hydrogens is 397 g/mol. The number of esters is 1. The number of rotatable bonds is 5. The van der Waals surface area contributed by atoms with Crippen LogP contribution in [-0.4, -0.2) is 28.5 Å². The Hall–Kier alpha value is -2.48. The van der Waals surface area contributed by atoms with Crippen molar-refractivity contribution in [2.45, 2.75) is 0 Å². The van der Waals surface area contributed by atoms with Gasteiger partial charge in [0.1, 0.15) is 5.15 Å². The summed E-state index contributed by atoms with van der Waals surface area (Å²) in [5.74, 6) is -1.17. The minimum Gasteiger partial charge on any atom is -0.452 e. The summed E-state index contributed by atoms with van der Waals surface area (Å²) in [5.41, 5.74) is 1.64. The molecule has 2 aromatic heterocycles. The monoisotopic (exact) mass is 407 g/mol. The summed E-state index contributed by atoms with van der Waals surface area (Å²) in [6, 6.07) is 10.1. The lowest BCUT2D eigenvalue weighted by Gasteiger charge is -2.05. The van der Waals surface area contributed by atoms with E-state index in [0.717, 1.165) is 5.56 Å². The van der Waals surface area contributed by atoms with Gasteiger partial charge in [-0.25, -0.2) is 14.8 Å². The molecule has 3 aromatic rings. The molecule has 9 heteroatoms. The Labute approximate surface area is 162 Å². The summed E-state index contributed by atoms with van der Waals surface area (Å²) >= 11 is 13.1. The lowest BCUT2D eigenvalue weighted by atomic mass is 10.2. The maximum absolute atomic E-state index is 11.9. The molecule has 3 rings (SSSR count). The molecule has 1 amide bonds. The Morgan fingerprint density at radius 2 is 2.00 bits per heavy atom. The second-order valence-electron chi connectivity index (χ2n) is 5.01. The first-order chi connectivity index (χ1) is 12.5. The Kier molecular flexibility index (Phi) is 5.82. The van der Waals surface area contributed by atoms with Gasteiger partial charge >= 0.3 is 5.97 Å². The summed E-state index contributed by atoms with van der Waals surface area (Å²) in [5, 5.41) is 5.48. The van der Waals surface area contributed by atoms with Crippen molar-refractivity contribution < 1.29 is 14.3 Å². The van der Waals surface area contributed by atoms with Crippen LogP contribution in [-0.2, 0) is 9.53 Å². The number of nitrogens with zero attached hydrogens (tertiary/aromatic N) is 2. The number of hydrogen-bond acceptors (Lipinski definition) is 6. The Bertz CT molecular complexity index is 962. The fourth-order valence-corrected chi connectivity index (χ4v) is 3.16. The predicted molar refractivity (Wildman–Crippen MR) is 101 cm³/mol. The maximum atomic E-state index is 11.9. The molecule has 0 fully saturated rings. The molecule has 0 atom stereocenters. The van der Waals surface area contributed by atoms with E-state index in [1.807, 2.05) is 18.2 Å². The third kappa shape index (κ3) is 4.57. The van der Waals surface area contributed by atoms with E-state index >= 15 is 0 Å². The molecule has 0 aliphatic rings. The standard InChI is InChI=1S/C17H11Cl2N3O3S/c18-12-4-2-1-3-11(12)13-9-26-17(21-13)22-15(23)8-25-16(24)10-5-6-20-14(19)7-10/h1-7,9H,8H2,(H,21,22,23). The van der Waals surface area contributed by atoms with Crippen molar-refractivity contribution >= 4 is 51.5 Å². The van der Waals surface area contributed by atoms with E-state index in [9.17, 15) is 9.59 Å². The van der Waals surface area contributed by atoms with Crippen LogP contribution in [0.25, 0.3) is 11.3 Å². The highest BCUT2D eigenvalue weighted by Gasteiger charge is 2.13. The van der Waals surface area contributed by atoms with Crippen molar-refractivity contribution in [1.29, 1.82) is 0 Å². The number of benzene rings is 1. The molecule has 0 unspecified atom stereocenters. The second-order valence-corrected chi connectivity index (χ2v) is 6.66. The van der Waals surface area contributed by atoms with Crippen molar-refractivity contribution in [1.82, 2.24) is 9.97 Å². The summed E-state index contributed by atoms with van der Waals surface area (Å²) in [4.78, 5) is 31.9. The van der Waals surface area contributed by atoms with Gasteiger partial charge in [0, 0.05) is 22.2 Å². The first-order valence-electron chi connectivity index (χ1n) is 7.32. The molecule has 132 valence electrons. The van der Waals surface area contributed by atoms with Gasteiger partial charge in [-0.3, -0.25) is 10.1 Å². The van der Waals surface area contributed by atoms with Crippen LogP contribution in [0.4, 0.5) is 5.13 Å². The lowest BCUT2D eigenvalue weighted by Crippen LogP contribution is -2.20. The van der Waals surface area contributed by atoms with E-state index < -0.39 is 18.5 Å². The van der Waals surface area contributed by atoms with Gasteiger partial charge in [0.15, 0.2) is 11.7 Å². The molecule has 2 heterocycles. The van der Waals surface area contributed by atoms with Crippen LogP contribution < -0.4 is 5.32 Å². The van der Waals surface area contributed by atoms with E-state index in [4.69, 9.17) is 27.9 Å². The average Bonchev–Trinajstić information content (AvgIpc) is 3.08. The van der Waals surface area contributed by atoms with Gasteiger partial charge in [0.2, 0.25) is 0 Å². The molecule has 1 aromatic carbocycles. The van der Waals surface area contributed by atoms with E-state index in [1.54, 1.807) is 11.4 Å². The smallest absolute Gasteiger partial charge is 0.338 e. The van der Waals surface area contributed by atoms with Gasteiger partial charge in [-0.05, 0) is 18.2 Å². The number of halogens is 2. The number of nitrogens with one attached hydrogen (secondary N) is 1. The van der Waals surface area contributed by atoms with Gasteiger partial charge < -0.3 is 4.74 Å². The molecule has 0 radical (unpaired) electrons. The molecule has 1 N–H and O–H groups in total. The first-order valence-corrected chi connectivity index (χ1v) is 8.95. The maximum Gasteiger partial charge on any atom is 0.338 e. The normalized spacial score (nSPS) is 10.4. The van der Waals surface area contributed by atoms with Crippen molar-refractivity contribution in [3.8, 4) is 11.3 Å². The molecule has 0 bridgehead atoms. The molecule has 26 heavy (non-hydrogen) atoms. The minimum atomic E-state index is -0.666. The number of carbonyl (C=O) groups excluding carboxylic acids is 2. The number of hydrogen-bond donors (Lipinski definition) is 1. The number of thiazole rings is 1. The van der Waals surface area contributed by atoms with E-state index in [-0.39, 0.29) is 10.7 Å². The number of carbonyl (C=O) groups is 2. The number of anilines is 1. The van der Waals surface area contributed by atoms with Crippen LogP contribution in [0.5, 0.6) is 0 Å². The van der Waals surface area contributed by atoms with E-state index in [1.165, 1.54) is 29.7 Å². The van der Waals surface area contributed by atoms with Crippen LogP contribution in [0.15, 0.2) is 48.0 Å². The first kappa shape index (κ1) is 18.3. The fourth-order valence-electron chi connectivity index (χ4n) is 2.02. The summed E-state index contributed by atoms with van der Waals surface area (Å²) < 4.78 is 4.95. The number of ether oxygens (including phenoxy) is 1. The van der Waals surface area contributed by atoms with Gasteiger partial charge in [0.25, 0.3) is 5.91 Å². The largest absolute Gasteiger partial charge is 0.452 e. The van der Waals surface area contributed by atoms with Gasteiger partial charge in [0.05, 0.1) is 11.3 Å². The summed E-state index contributed by atoms with van der Waals surface area (Å²) in [6.07, 6.45) is 1.38. The van der Waals surface area contributed by atoms with Crippen LogP contribution >= 0.6 is 34.5 Å². The van der Waals surface area contributed by atoms with Crippen molar-refractivity contribution in [3.63, 3.8) is 0 Å². The van der Waals surface area contributed by atoms with Gasteiger partial charge in [-0.1, -0.05) is 41.4 Å². The SMILES string of the molecule is O=C(COC(=O)c1ccnc(Cl)c1)Nc1nc(-c2ccccc2Cl)cs1. The molecule has 0 aliphatic carbocycles. The second kappa shape index (κ2) is 8.27. The topological polar surface area (TPSA) is 81.2 Å². The molecule has 6 nitrogen and oxygen atoms in total. The number of pyridine rings is 1. The Balaban J connectivity index is 1.57. The van der Waals surface area contributed by atoms with Crippen molar-refractivity contribution in [2.24, 2.45) is 0 Å². The van der Waals surface area contributed by atoms with Gasteiger partial charge in [-0.2, -0.15) is 0 Å². The molecule has 0 saturated heterocycles. The van der Waals surface area contributed by atoms with E-state index in [2.05, 4.69) is 15.3 Å². The highest BCUT2D eigenvalue weighted by molar-refractivity contribution is 7.14. The third-order valence-electron chi connectivity index (χ3n) is 3.20. The number of aromatic nitrogens is 2. The highest BCUT2D eigenvalue weighted by atomic mass is 35.5. The Morgan fingerprint density at radius 1 is 1.19 bits per heavy atom. The van der Waals surface area contributed by atoms with Crippen LogP contribution in [0.2, 0.25) is 10.2 Å². The molecule has 0 aliphatic heterocycles. The van der Waals surface area contributed by atoms with Crippen LogP contribution in [0, 0.1) is 0 Å². The zero-order valence-corrected chi connectivity index (χ0v) is 15.4. The van der Waals surface area contributed by atoms with Crippen LogP contribution in [0.3, 0.4) is 0 Å². The zero-order chi connectivity index (χ0) is 18.5. The summed E-state index contributed by atoms with van der Waals surface area (Å²) in [7, 11) is 0. The third-order valence-corrected chi connectivity index (χ3v) is 4.49. The summed E-state index contributed by atoms with van der Waals surface area (Å²) in [6.45, 7) is -0.445. The average molecular weight is 408 g/mol. The number of amides is 1. The quantitative estimate of drug-likeness (QED) is 0.503. The highest BCUT2D eigenvalue weighted by Crippen LogP contribution is 2.30. The predicted octanol–water partition coefficient (Wildman–Crippen LogP) is 4.31. The molecule has 0 saturated carbocycles. The lowest BCUT2D eigenvalue weighted by molar-refractivity contribution is -0.119. The Morgan fingerprint density at radius 3 is 2.77 bits per heavy atom. The van der Waals surface area contributed by atoms with Crippen molar-refractivity contribution in [3.05, 3.63) is 63.7 Å². The zero-order valence-electron chi connectivity index (χ0n) is 13.1. The van der Waals surface area contributed by atoms with E-state index in [0.29, 0.717) is 15.8 Å². The molecular formula is C17H11Cl2N3O3S. The minimum absolute atomic E-state index is 0.166. The van der Waals surface area contributed by atoms with Gasteiger partial charge in [-0.15, -0.1) is 11.3 Å².